The highest BCUT2D eigenvalue weighted by atomic mass is 16.6. The van der Waals surface area contributed by atoms with Crippen LogP contribution in [0.25, 0.3) is 0 Å². The van der Waals surface area contributed by atoms with Crippen molar-refractivity contribution >= 4 is 17.7 Å². The van der Waals surface area contributed by atoms with Crippen LogP contribution in [0.4, 0.5) is 11.4 Å². The molecule has 98 valence electrons. The molecule has 1 aromatic carbocycles. The maximum Gasteiger partial charge on any atom is 0.280 e. The number of hydrogen-bond acceptors (Lipinski definition) is 5. The zero-order chi connectivity index (χ0) is 13.5. The van der Waals surface area contributed by atoms with Gasteiger partial charge in [0.25, 0.3) is 5.69 Å². The van der Waals surface area contributed by atoms with E-state index in [0.717, 1.165) is 13.0 Å². The van der Waals surface area contributed by atoms with Gasteiger partial charge in [0.15, 0.2) is 6.29 Å². The van der Waals surface area contributed by atoms with Gasteiger partial charge in [0.05, 0.1) is 17.1 Å². The number of anilines is 1. The molecule has 0 amide bonds. The molecular formula is C12H16N2O4. The van der Waals surface area contributed by atoms with Gasteiger partial charge in [-0.15, -0.1) is 0 Å². The highest BCUT2D eigenvalue weighted by molar-refractivity contribution is 5.83. The van der Waals surface area contributed by atoms with E-state index in [2.05, 4.69) is 0 Å². The van der Waals surface area contributed by atoms with Crippen molar-refractivity contribution in [1.82, 2.24) is 0 Å². The minimum Gasteiger partial charge on any atom is -0.395 e. The van der Waals surface area contributed by atoms with Crippen molar-refractivity contribution in [3.8, 4) is 0 Å². The highest BCUT2D eigenvalue weighted by Gasteiger charge is 2.15. The summed E-state index contributed by atoms with van der Waals surface area (Å²) in [6, 6.07) is 4.39. The molecule has 0 fully saturated rings. The first-order valence-corrected chi connectivity index (χ1v) is 5.73. The van der Waals surface area contributed by atoms with Crippen LogP contribution in [0.3, 0.4) is 0 Å². The smallest absolute Gasteiger partial charge is 0.280 e. The molecule has 0 radical (unpaired) electrons. The van der Waals surface area contributed by atoms with Gasteiger partial charge in [-0.05, 0) is 18.6 Å². The van der Waals surface area contributed by atoms with Crippen molar-refractivity contribution < 1.29 is 14.8 Å². The summed E-state index contributed by atoms with van der Waals surface area (Å²) in [6.07, 6.45) is 1.36. The second-order valence-electron chi connectivity index (χ2n) is 3.83. The molecule has 6 heteroatoms. The van der Waals surface area contributed by atoms with Crippen LogP contribution in [-0.2, 0) is 0 Å². The quantitative estimate of drug-likeness (QED) is 0.453. The first-order chi connectivity index (χ1) is 8.63. The van der Waals surface area contributed by atoms with Crippen LogP contribution >= 0.6 is 0 Å². The van der Waals surface area contributed by atoms with Gasteiger partial charge < -0.3 is 10.0 Å². The van der Waals surface area contributed by atoms with E-state index in [1.54, 1.807) is 6.07 Å². The van der Waals surface area contributed by atoms with Crippen molar-refractivity contribution in [2.24, 2.45) is 0 Å². The van der Waals surface area contributed by atoms with E-state index in [0.29, 0.717) is 18.5 Å². The number of hydrogen-bond donors (Lipinski definition) is 1. The molecule has 0 atom stereocenters. The molecule has 1 aromatic rings. The fourth-order valence-electron chi connectivity index (χ4n) is 1.76. The van der Waals surface area contributed by atoms with Crippen LogP contribution in [0, 0.1) is 10.1 Å². The third kappa shape index (κ3) is 3.27. The molecule has 0 unspecified atom stereocenters. The Morgan fingerprint density at radius 1 is 1.44 bits per heavy atom. The number of nitrogens with zero attached hydrogens (tertiary/aromatic N) is 2. The first-order valence-electron chi connectivity index (χ1n) is 5.73. The normalized spacial score (nSPS) is 10.1. The van der Waals surface area contributed by atoms with E-state index < -0.39 is 4.92 Å². The molecule has 0 aliphatic carbocycles. The average Bonchev–Trinajstić information content (AvgIpc) is 2.37. The van der Waals surface area contributed by atoms with Crippen LogP contribution in [0.2, 0.25) is 0 Å². The van der Waals surface area contributed by atoms with Crippen molar-refractivity contribution in [2.75, 3.05) is 24.6 Å². The minimum atomic E-state index is -0.580. The molecule has 0 bridgehead atoms. The largest absolute Gasteiger partial charge is 0.395 e. The Labute approximate surface area is 105 Å². The Morgan fingerprint density at radius 3 is 2.67 bits per heavy atom. The number of aliphatic hydroxyl groups is 1. The molecule has 0 saturated carbocycles. The summed E-state index contributed by atoms with van der Waals surface area (Å²) < 4.78 is 0. The van der Waals surface area contributed by atoms with Gasteiger partial charge in [0, 0.05) is 24.8 Å². The molecule has 6 nitrogen and oxygen atoms in total. The Kier molecular flexibility index (Phi) is 5.26. The molecule has 0 heterocycles. The summed E-state index contributed by atoms with van der Waals surface area (Å²) in [5, 5.41) is 19.7. The van der Waals surface area contributed by atoms with Crippen LogP contribution < -0.4 is 4.90 Å². The fraction of sp³-hybridized carbons (Fsp3) is 0.417. The number of rotatable bonds is 7. The van der Waals surface area contributed by atoms with Gasteiger partial charge in [-0.2, -0.15) is 0 Å². The van der Waals surface area contributed by atoms with E-state index in [1.165, 1.54) is 12.1 Å². The Bertz CT molecular complexity index is 428. The summed E-state index contributed by atoms with van der Waals surface area (Å²) in [6.45, 7) is 3.14. The zero-order valence-corrected chi connectivity index (χ0v) is 10.2. The SMILES string of the molecule is CCCN(CCO)c1ccc([N+](=O)[O-])c(C=O)c1. The van der Waals surface area contributed by atoms with Gasteiger partial charge in [-0.25, -0.2) is 0 Å². The van der Waals surface area contributed by atoms with Crippen molar-refractivity contribution in [3.05, 3.63) is 33.9 Å². The third-order valence-electron chi connectivity index (χ3n) is 2.56. The van der Waals surface area contributed by atoms with Gasteiger partial charge >= 0.3 is 0 Å². The third-order valence-corrected chi connectivity index (χ3v) is 2.56. The van der Waals surface area contributed by atoms with Crippen molar-refractivity contribution in [3.63, 3.8) is 0 Å². The fourth-order valence-corrected chi connectivity index (χ4v) is 1.76. The molecule has 0 aliphatic heterocycles. The highest BCUT2D eigenvalue weighted by Crippen LogP contribution is 2.23. The predicted octanol–water partition coefficient (Wildman–Crippen LogP) is 1.62. The molecule has 1 N–H and O–H groups in total. The van der Waals surface area contributed by atoms with Crippen molar-refractivity contribution in [2.45, 2.75) is 13.3 Å². The Morgan fingerprint density at radius 2 is 2.17 bits per heavy atom. The molecule has 0 aliphatic rings. The number of aliphatic hydroxyl groups excluding tert-OH is 1. The molecular weight excluding hydrogens is 236 g/mol. The Hall–Kier alpha value is -1.95. The standard InChI is InChI=1S/C12H16N2O4/c1-2-5-13(6-7-15)11-3-4-12(14(17)18)10(8-11)9-16/h3-4,8-9,15H,2,5-7H2,1H3. The number of nitro benzene ring substituents is 1. The lowest BCUT2D eigenvalue weighted by Gasteiger charge is -2.23. The monoisotopic (exact) mass is 252 g/mol. The number of carbonyl (C=O) groups excluding carboxylic acids is 1. The molecule has 0 saturated heterocycles. The topological polar surface area (TPSA) is 83.7 Å². The van der Waals surface area contributed by atoms with Crippen LogP contribution in [-0.4, -0.2) is 36.0 Å². The Balaban J connectivity index is 3.09. The molecule has 1 rings (SSSR count). The van der Waals surface area contributed by atoms with Gasteiger partial charge in [0.2, 0.25) is 0 Å². The lowest BCUT2D eigenvalue weighted by molar-refractivity contribution is -0.385. The van der Waals surface area contributed by atoms with E-state index in [1.807, 2.05) is 11.8 Å². The molecule has 0 spiro atoms. The maximum absolute atomic E-state index is 10.8. The lowest BCUT2D eigenvalue weighted by Crippen LogP contribution is -2.27. The molecule has 18 heavy (non-hydrogen) atoms. The summed E-state index contributed by atoms with van der Waals surface area (Å²) >= 11 is 0. The number of benzene rings is 1. The van der Waals surface area contributed by atoms with E-state index >= 15 is 0 Å². The second-order valence-corrected chi connectivity index (χ2v) is 3.83. The van der Waals surface area contributed by atoms with E-state index in [-0.39, 0.29) is 17.9 Å². The second kappa shape index (κ2) is 6.70. The van der Waals surface area contributed by atoms with Gasteiger partial charge in [0.1, 0.15) is 0 Å². The number of carbonyl (C=O) groups is 1. The first kappa shape index (κ1) is 14.1. The van der Waals surface area contributed by atoms with Gasteiger partial charge in [-0.1, -0.05) is 6.92 Å². The summed E-state index contributed by atoms with van der Waals surface area (Å²) in [7, 11) is 0. The summed E-state index contributed by atoms with van der Waals surface area (Å²) in [4.78, 5) is 22.9. The minimum absolute atomic E-state index is 0.00654. The van der Waals surface area contributed by atoms with Crippen LogP contribution in [0.1, 0.15) is 23.7 Å². The number of nitro groups is 1. The maximum atomic E-state index is 10.8. The van der Waals surface area contributed by atoms with Gasteiger partial charge in [-0.3, -0.25) is 14.9 Å². The lowest BCUT2D eigenvalue weighted by atomic mass is 10.1. The van der Waals surface area contributed by atoms with E-state index in [9.17, 15) is 14.9 Å². The number of aldehydes is 1. The average molecular weight is 252 g/mol. The van der Waals surface area contributed by atoms with Crippen molar-refractivity contribution in [1.29, 1.82) is 0 Å². The van der Waals surface area contributed by atoms with Crippen LogP contribution in [0.5, 0.6) is 0 Å². The zero-order valence-electron chi connectivity index (χ0n) is 10.2. The van der Waals surface area contributed by atoms with Crippen LogP contribution in [0.15, 0.2) is 18.2 Å². The van der Waals surface area contributed by atoms with E-state index in [4.69, 9.17) is 5.11 Å². The summed E-state index contributed by atoms with van der Waals surface area (Å²) in [5.41, 5.74) is 0.560. The molecule has 0 aromatic heterocycles. The predicted molar refractivity (Wildman–Crippen MR) is 68.1 cm³/mol. The summed E-state index contributed by atoms with van der Waals surface area (Å²) in [5.74, 6) is 0.